The highest BCUT2D eigenvalue weighted by molar-refractivity contribution is 5.52. The van der Waals surface area contributed by atoms with E-state index >= 15 is 0 Å². The number of hydrogen-bond acceptors (Lipinski definition) is 3. The van der Waals surface area contributed by atoms with Crippen LogP contribution in [0.3, 0.4) is 0 Å². The van der Waals surface area contributed by atoms with Gasteiger partial charge in [0.2, 0.25) is 0 Å². The van der Waals surface area contributed by atoms with Crippen molar-refractivity contribution in [2.24, 2.45) is 0 Å². The van der Waals surface area contributed by atoms with Gasteiger partial charge in [-0.05, 0) is 19.3 Å². The average molecular weight is 206 g/mol. The zero-order valence-electron chi connectivity index (χ0n) is 9.45. The first-order valence-electron chi connectivity index (χ1n) is 5.49. The maximum absolute atomic E-state index is 9.00. The second-order valence-electron chi connectivity index (χ2n) is 3.65. The zero-order chi connectivity index (χ0) is 11.3. The number of nitriles is 1. The van der Waals surface area contributed by atoms with Gasteiger partial charge in [-0.1, -0.05) is 20.3 Å². The molecule has 82 valence electrons. The number of nitrogen functional groups attached to an aromatic ring is 1. The Morgan fingerprint density at radius 2 is 2.13 bits per heavy atom. The number of anilines is 1. The van der Waals surface area contributed by atoms with E-state index in [0.717, 1.165) is 37.9 Å². The van der Waals surface area contributed by atoms with Crippen LogP contribution in [0.4, 0.5) is 5.82 Å². The van der Waals surface area contributed by atoms with Crippen molar-refractivity contribution in [3.05, 3.63) is 11.3 Å². The van der Waals surface area contributed by atoms with Gasteiger partial charge in [-0.3, -0.25) is 0 Å². The summed E-state index contributed by atoms with van der Waals surface area (Å²) in [6.07, 6.45) is 3.98. The van der Waals surface area contributed by atoms with E-state index in [1.807, 2.05) is 0 Å². The number of hydrogen-bond donors (Lipinski definition) is 1. The summed E-state index contributed by atoms with van der Waals surface area (Å²) in [5.74, 6) is 0.519. The second kappa shape index (κ2) is 5.40. The predicted molar refractivity (Wildman–Crippen MR) is 60.3 cm³/mol. The average Bonchev–Trinajstić information content (AvgIpc) is 2.53. The van der Waals surface area contributed by atoms with Crippen molar-refractivity contribution in [1.82, 2.24) is 9.78 Å². The van der Waals surface area contributed by atoms with Crippen molar-refractivity contribution in [2.75, 3.05) is 5.73 Å². The van der Waals surface area contributed by atoms with Gasteiger partial charge in [0.1, 0.15) is 17.5 Å². The summed E-state index contributed by atoms with van der Waals surface area (Å²) in [7, 11) is 0. The summed E-state index contributed by atoms with van der Waals surface area (Å²) in [4.78, 5) is 0. The second-order valence-corrected chi connectivity index (χ2v) is 3.65. The molecular formula is C11H18N4. The number of aromatic nitrogens is 2. The molecular weight excluding hydrogens is 188 g/mol. The van der Waals surface area contributed by atoms with Crippen LogP contribution in [0.1, 0.15) is 44.4 Å². The number of unbranched alkanes of at least 4 members (excludes halogenated alkanes) is 1. The van der Waals surface area contributed by atoms with Crippen molar-refractivity contribution in [3.8, 4) is 6.07 Å². The number of nitrogens with two attached hydrogens (primary N) is 1. The molecule has 0 saturated carbocycles. The molecule has 1 aromatic rings. The van der Waals surface area contributed by atoms with Gasteiger partial charge in [-0.15, -0.1) is 0 Å². The maximum atomic E-state index is 9.00. The zero-order valence-corrected chi connectivity index (χ0v) is 9.45. The van der Waals surface area contributed by atoms with Crippen molar-refractivity contribution in [1.29, 1.82) is 5.26 Å². The highest BCUT2D eigenvalue weighted by Crippen LogP contribution is 2.17. The van der Waals surface area contributed by atoms with Gasteiger partial charge < -0.3 is 5.73 Å². The minimum atomic E-state index is 0.519. The van der Waals surface area contributed by atoms with Crippen molar-refractivity contribution >= 4 is 5.82 Å². The lowest BCUT2D eigenvalue weighted by atomic mass is 10.1. The maximum Gasteiger partial charge on any atom is 0.140 e. The molecule has 0 fully saturated rings. The van der Waals surface area contributed by atoms with Crippen LogP contribution in [0, 0.1) is 11.3 Å². The minimum Gasteiger partial charge on any atom is -0.383 e. The van der Waals surface area contributed by atoms with Crippen LogP contribution in [0.2, 0.25) is 0 Å². The SMILES string of the molecule is CCCCc1nn(CCC)c(N)c1C#N. The molecule has 0 spiro atoms. The van der Waals surface area contributed by atoms with Crippen LogP contribution in [0.15, 0.2) is 0 Å². The van der Waals surface area contributed by atoms with E-state index in [2.05, 4.69) is 25.0 Å². The van der Waals surface area contributed by atoms with E-state index < -0.39 is 0 Å². The molecule has 1 heterocycles. The Hall–Kier alpha value is -1.50. The van der Waals surface area contributed by atoms with Crippen molar-refractivity contribution in [3.63, 3.8) is 0 Å². The Balaban J connectivity index is 2.95. The normalized spacial score (nSPS) is 10.2. The topological polar surface area (TPSA) is 67.6 Å². The Labute approximate surface area is 90.7 Å². The Kier molecular flexibility index (Phi) is 4.17. The minimum absolute atomic E-state index is 0.519. The van der Waals surface area contributed by atoms with E-state index in [9.17, 15) is 0 Å². The Morgan fingerprint density at radius 1 is 1.40 bits per heavy atom. The Morgan fingerprint density at radius 3 is 2.67 bits per heavy atom. The van der Waals surface area contributed by atoms with Crippen LogP contribution < -0.4 is 5.73 Å². The molecule has 15 heavy (non-hydrogen) atoms. The molecule has 0 aliphatic carbocycles. The van der Waals surface area contributed by atoms with E-state index in [1.165, 1.54) is 0 Å². The van der Waals surface area contributed by atoms with Crippen LogP contribution >= 0.6 is 0 Å². The largest absolute Gasteiger partial charge is 0.383 e. The monoisotopic (exact) mass is 206 g/mol. The smallest absolute Gasteiger partial charge is 0.140 e. The first-order chi connectivity index (χ1) is 7.24. The molecule has 0 aliphatic heterocycles. The standard InChI is InChI=1S/C11H18N4/c1-3-5-6-10-9(8-12)11(13)15(14-10)7-4-2/h3-7,13H2,1-2H3. The summed E-state index contributed by atoms with van der Waals surface area (Å²) in [5.41, 5.74) is 7.27. The lowest BCUT2D eigenvalue weighted by Crippen LogP contribution is -2.04. The summed E-state index contributed by atoms with van der Waals surface area (Å²) in [6, 6.07) is 2.14. The molecule has 4 heteroatoms. The van der Waals surface area contributed by atoms with E-state index in [4.69, 9.17) is 11.0 Å². The third-order valence-corrected chi connectivity index (χ3v) is 2.38. The molecule has 1 rings (SSSR count). The van der Waals surface area contributed by atoms with Crippen LogP contribution in [-0.2, 0) is 13.0 Å². The van der Waals surface area contributed by atoms with Gasteiger partial charge in [0.25, 0.3) is 0 Å². The van der Waals surface area contributed by atoms with Gasteiger partial charge in [0.05, 0.1) is 5.69 Å². The van der Waals surface area contributed by atoms with Crippen molar-refractivity contribution in [2.45, 2.75) is 46.1 Å². The highest BCUT2D eigenvalue weighted by Gasteiger charge is 2.13. The quantitative estimate of drug-likeness (QED) is 0.802. The third-order valence-electron chi connectivity index (χ3n) is 2.38. The third kappa shape index (κ3) is 2.50. The first kappa shape index (κ1) is 11.6. The molecule has 0 bridgehead atoms. The number of rotatable bonds is 5. The summed E-state index contributed by atoms with van der Waals surface area (Å²) in [6.45, 7) is 4.98. The summed E-state index contributed by atoms with van der Waals surface area (Å²) < 4.78 is 1.74. The van der Waals surface area contributed by atoms with Crippen LogP contribution in [-0.4, -0.2) is 9.78 Å². The first-order valence-corrected chi connectivity index (χ1v) is 5.49. The van der Waals surface area contributed by atoms with Gasteiger partial charge in [0, 0.05) is 6.54 Å². The van der Waals surface area contributed by atoms with E-state index in [1.54, 1.807) is 4.68 Å². The lowest BCUT2D eigenvalue weighted by Gasteiger charge is -1.99. The van der Waals surface area contributed by atoms with Gasteiger partial charge in [0.15, 0.2) is 0 Å². The molecule has 0 aromatic carbocycles. The highest BCUT2D eigenvalue weighted by atomic mass is 15.3. The predicted octanol–water partition coefficient (Wildman–Crippen LogP) is 2.09. The van der Waals surface area contributed by atoms with E-state index in [0.29, 0.717) is 11.4 Å². The molecule has 0 aliphatic rings. The molecule has 0 unspecified atom stereocenters. The fraction of sp³-hybridized carbons (Fsp3) is 0.636. The number of nitrogens with zero attached hydrogens (tertiary/aromatic N) is 3. The van der Waals surface area contributed by atoms with Crippen LogP contribution in [0.25, 0.3) is 0 Å². The molecule has 2 N–H and O–H groups in total. The molecule has 0 atom stereocenters. The van der Waals surface area contributed by atoms with Crippen molar-refractivity contribution < 1.29 is 0 Å². The van der Waals surface area contributed by atoms with Gasteiger partial charge in [-0.2, -0.15) is 10.4 Å². The fourth-order valence-corrected chi connectivity index (χ4v) is 1.55. The van der Waals surface area contributed by atoms with E-state index in [-0.39, 0.29) is 0 Å². The van der Waals surface area contributed by atoms with Gasteiger partial charge in [-0.25, -0.2) is 4.68 Å². The summed E-state index contributed by atoms with van der Waals surface area (Å²) in [5, 5.41) is 13.4. The number of aryl methyl sites for hydroxylation is 2. The summed E-state index contributed by atoms with van der Waals surface area (Å²) >= 11 is 0. The molecule has 0 radical (unpaired) electrons. The Bertz CT molecular complexity index is 359. The molecule has 4 nitrogen and oxygen atoms in total. The molecule has 1 aromatic heterocycles. The molecule has 0 saturated heterocycles. The van der Waals surface area contributed by atoms with Crippen LogP contribution in [0.5, 0.6) is 0 Å². The lowest BCUT2D eigenvalue weighted by molar-refractivity contribution is 0.598. The molecule has 0 amide bonds. The fourth-order valence-electron chi connectivity index (χ4n) is 1.55. The van der Waals surface area contributed by atoms with Gasteiger partial charge >= 0.3 is 0 Å².